The average Bonchev–Trinajstić information content (AvgIpc) is 2.83. The number of nitrogens with zero attached hydrogens (tertiary/aromatic N) is 1. The third-order valence-corrected chi connectivity index (χ3v) is 4.36. The molecule has 1 saturated heterocycles. The number of hydrogen-bond acceptors (Lipinski definition) is 3. The number of anilines is 1. The number of carbonyl (C=O) groups excluding carboxylic acids is 1. The molecule has 2 atom stereocenters. The van der Waals surface area contributed by atoms with Gasteiger partial charge in [0.15, 0.2) is 0 Å². The van der Waals surface area contributed by atoms with E-state index in [2.05, 4.69) is 16.3 Å². The standard InChI is InChI=1S/C15H21N3O/c16-9-11-7-8-18(10-11)14-6-5-12-3-1-2-4-13(12)17-15(14)19/h1-4,11,14H,5-10,16H2,(H,17,19). The van der Waals surface area contributed by atoms with Crippen LogP contribution in [0.25, 0.3) is 0 Å². The van der Waals surface area contributed by atoms with Gasteiger partial charge in [-0.1, -0.05) is 18.2 Å². The van der Waals surface area contributed by atoms with Gasteiger partial charge in [0.05, 0.1) is 6.04 Å². The molecule has 1 fully saturated rings. The molecule has 19 heavy (non-hydrogen) atoms. The molecule has 0 bridgehead atoms. The number of nitrogens with one attached hydrogen (secondary N) is 1. The molecule has 102 valence electrons. The third-order valence-electron chi connectivity index (χ3n) is 4.36. The summed E-state index contributed by atoms with van der Waals surface area (Å²) in [7, 11) is 0. The summed E-state index contributed by atoms with van der Waals surface area (Å²) >= 11 is 0. The molecule has 2 aliphatic rings. The maximum absolute atomic E-state index is 12.4. The molecule has 4 nitrogen and oxygen atoms in total. The van der Waals surface area contributed by atoms with Crippen molar-refractivity contribution in [3.05, 3.63) is 29.8 Å². The molecule has 4 heteroatoms. The zero-order valence-corrected chi connectivity index (χ0v) is 11.1. The Labute approximate surface area is 114 Å². The van der Waals surface area contributed by atoms with Crippen LogP contribution in [0.4, 0.5) is 5.69 Å². The third kappa shape index (κ3) is 2.51. The van der Waals surface area contributed by atoms with E-state index in [9.17, 15) is 4.79 Å². The molecule has 1 aromatic rings. The Morgan fingerprint density at radius 1 is 1.32 bits per heavy atom. The van der Waals surface area contributed by atoms with Crippen molar-refractivity contribution in [1.29, 1.82) is 0 Å². The van der Waals surface area contributed by atoms with Crippen LogP contribution < -0.4 is 11.1 Å². The first kappa shape index (κ1) is 12.6. The minimum absolute atomic E-state index is 0.00366. The van der Waals surface area contributed by atoms with Gasteiger partial charge in [-0.2, -0.15) is 0 Å². The first-order chi connectivity index (χ1) is 9.28. The van der Waals surface area contributed by atoms with E-state index in [4.69, 9.17) is 5.73 Å². The fourth-order valence-electron chi connectivity index (χ4n) is 3.19. The Morgan fingerprint density at radius 3 is 2.95 bits per heavy atom. The van der Waals surface area contributed by atoms with Gasteiger partial charge in [0.25, 0.3) is 0 Å². The molecule has 0 aliphatic carbocycles. The highest BCUT2D eigenvalue weighted by molar-refractivity contribution is 5.96. The second kappa shape index (κ2) is 5.31. The Morgan fingerprint density at radius 2 is 2.16 bits per heavy atom. The van der Waals surface area contributed by atoms with E-state index in [0.717, 1.165) is 44.6 Å². The molecule has 1 aromatic carbocycles. The number of para-hydroxylation sites is 1. The van der Waals surface area contributed by atoms with Crippen molar-refractivity contribution in [2.24, 2.45) is 11.7 Å². The van der Waals surface area contributed by atoms with Gasteiger partial charge >= 0.3 is 0 Å². The van der Waals surface area contributed by atoms with Crippen LogP contribution in [0.1, 0.15) is 18.4 Å². The monoisotopic (exact) mass is 259 g/mol. The highest BCUT2D eigenvalue weighted by Gasteiger charge is 2.33. The zero-order chi connectivity index (χ0) is 13.2. The van der Waals surface area contributed by atoms with Gasteiger partial charge in [0, 0.05) is 12.2 Å². The summed E-state index contributed by atoms with van der Waals surface area (Å²) < 4.78 is 0. The summed E-state index contributed by atoms with van der Waals surface area (Å²) in [6.07, 6.45) is 2.98. The largest absolute Gasteiger partial charge is 0.330 e. The summed E-state index contributed by atoms with van der Waals surface area (Å²) in [5.74, 6) is 0.695. The van der Waals surface area contributed by atoms with Crippen molar-refractivity contribution in [1.82, 2.24) is 4.90 Å². The first-order valence-corrected chi connectivity index (χ1v) is 7.11. The Hall–Kier alpha value is -1.39. The van der Waals surface area contributed by atoms with Crippen LogP contribution >= 0.6 is 0 Å². The molecule has 2 heterocycles. The highest BCUT2D eigenvalue weighted by atomic mass is 16.2. The van der Waals surface area contributed by atoms with Gasteiger partial charge in [-0.3, -0.25) is 9.69 Å². The number of nitrogens with two attached hydrogens (primary N) is 1. The minimum Gasteiger partial charge on any atom is -0.330 e. The topological polar surface area (TPSA) is 58.4 Å². The van der Waals surface area contributed by atoms with Crippen LogP contribution in [0, 0.1) is 5.92 Å². The molecule has 0 spiro atoms. The van der Waals surface area contributed by atoms with Crippen molar-refractivity contribution < 1.29 is 4.79 Å². The lowest BCUT2D eigenvalue weighted by molar-refractivity contribution is -0.121. The summed E-state index contributed by atoms with van der Waals surface area (Å²) in [5, 5.41) is 3.07. The van der Waals surface area contributed by atoms with E-state index in [1.165, 1.54) is 5.56 Å². The molecule has 3 N–H and O–H groups in total. The number of carbonyl (C=O) groups is 1. The maximum atomic E-state index is 12.4. The van der Waals surface area contributed by atoms with E-state index in [-0.39, 0.29) is 11.9 Å². The smallest absolute Gasteiger partial charge is 0.241 e. The second-order valence-electron chi connectivity index (χ2n) is 5.59. The predicted octanol–water partition coefficient (Wildman–Crippen LogP) is 1.22. The molecule has 0 aromatic heterocycles. The molecular weight excluding hydrogens is 238 g/mol. The lowest BCUT2D eigenvalue weighted by atomic mass is 10.1. The van der Waals surface area contributed by atoms with Crippen LogP contribution in [0.15, 0.2) is 24.3 Å². The summed E-state index contributed by atoms with van der Waals surface area (Å²) in [4.78, 5) is 14.7. The minimum atomic E-state index is 0.00366. The molecule has 0 radical (unpaired) electrons. The second-order valence-corrected chi connectivity index (χ2v) is 5.59. The molecule has 0 saturated carbocycles. The number of rotatable bonds is 2. The first-order valence-electron chi connectivity index (χ1n) is 7.11. The summed E-state index contributed by atoms with van der Waals surface area (Å²) in [6, 6.07) is 8.10. The molecule has 1 amide bonds. The lowest BCUT2D eigenvalue weighted by Crippen LogP contribution is -2.42. The average molecular weight is 259 g/mol. The van der Waals surface area contributed by atoms with E-state index < -0.39 is 0 Å². The number of fused-ring (bicyclic) bond motifs is 1. The number of benzene rings is 1. The van der Waals surface area contributed by atoms with Crippen LogP contribution in [0.5, 0.6) is 0 Å². The fraction of sp³-hybridized carbons (Fsp3) is 0.533. The van der Waals surface area contributed by atoms with Crippen molar-refractivity contribution >= 4 is 11.6 Å². The normalized spacial score (nSPS) is 27.7. The predicted molar refractivity (Wildman–Crippen MR) is 75.9 cm³/mol. The van der Waals surface area contributed by atoms with Crippen molar-refractivity contribution in [2.75, 3.05) is 25.0 Å². The van der Waals surface area contributed by atoms with E-state index >= 15 is 0 Å². The molecule has 2 unspecified atom stereocenters. The summed E-state index contributed by atoms with van der Waals surface area (Å²) in [5.41, 5.74) is 7.95. The Balaban J connectivity index is 1.74. The molecule has 3 rings (SSSR count). The SMILES string of the molecule is NCC1CCN(C2CCc3ccccc3NC2=O)C1. The van der Waals surface area contributed by atoms with Gasteiger partial charge in [-0.15, -0.1) is 0 Å². The van der Waals surface area contributed by atoms with Gasteiger partial charge in [0.2, 0.25) is 5.91 Å². The Bertz CT molecular complexity index is 474. The van der Waals surface area contributed by atoms with E-state index in [0.29, 0.717) is 5.92 Å². The van der Waals surface area contributed by atoms with Crippen LogP contribution in [0.3, 0.4) is 0 Å². The van der Waals surface area contributed by atoms with E-state index in [1.54, 1.807) is 0 Å². The summed E-state index contributed by atoms with van der Waals surface area (Å²) in [6.45, 7) is 2.69. The van der Waals surface area contributed by atoms with Gasteiger partial charge < -0.3 is 11.1 Å². The van der Waals surface area contributed by atoms with Crippen molar-refractivity contribution in [3.63, 3.8) is 0 Å². The van der Waals surface area contributed by atoms with Gasteiger partial charge in [-0.25, -0.2) is 0 Å². The van der Waals surface area contributed by atoms with Crippen LogP contribution in [0.2, 0.25) is 0 Å². The van der Waals surface area contributed by atoms with Crippen molar-refractivity contribution in [3.8, 4) is 0 Å². The van der Waals surface area contributed by atoms with Gasteiger partial charge in [-0.05, 0) is 49.9 Å². The zero-order valence-electron chi connectivity index (χ0n) is 11.1. The maximum Gasteiger partial charge on any atom is 0.241 e. The van der Waals surface area contributed by atoms with E-state index in [1.807, 2.05) is 18.2 Å². The van der Waals surface area contributed by atoms with Gasteiger partial charge in [0.1, 0.15) is 0 Å². The fourth-order valence-corrected chi connectivity index (χ4v) is 3.19. The number of amides is 1. The Kier molecular flexibility index (Phi) is 3.53. The van der Waals surface area contributed by atoms with Crippen LogP contribution in [-0.2, 0) is 11.2 Å². The van der Waals surface area contributed by atoms with Crippen LogP contribution in [-0.4, -0.2) is 36.5 Å². The lowest BCUT2D eigenvalue weighted by Gasteiger charge is -2.25. The quantitative estimate of drug-likeness (QED) is 0.839. The molecule has 2 aliphatic heterocycles. The molecular formula is C15H21N3O. The number of aryl methyl sites for hydroxylation is 1. The highest BCUT2D eigenvalue weighted by Crippen LogP contribution is 2.26. The van der Waals surface area contributed by atoms with Crippen molar-refractivity contribution in [2.45, 2.75) is 25.3 Å². The number of likely N-dealkylation sites (tertiary alicyclic amines) is 1. The number of hydrogen-bond donors (Lipinski definition) is 2.